The molecule has 3 aromatic rings. The van der Waals surface area contributed by atoms with E-state index >= 15 is 0 Å². The number of ether oxygens (including phenoxy) is 1. The van der Waals surface area contributed by atoms with Gasteiger partial charge in [-0.3, -0.25) is 4.90 Å². The standard InChI is InChI=1S/C26H25N3O/c1-30-23-7-3-5-19(13-23)17-29-24-15-28-16-25(29)26(24)21-10-8-20(9-11-21)22-6-2-4-18(12-22)14-27/h2-13,24-26,28H,15-17H2,1H3/t24-,25+,26?. The number of hydrogen-bond donors (Lipinski definition) is 1. The van der Waals surface area contributed by atoms with Gasteiger partial charge in [-0.05, 0) is 46.5 Å². The molecule has 2 fully saturated rings. The van der Waals surface area contributed by atoms with Crippen molar-refractivity contribution in [3.63, 3.8) is 0 Å². The fourth-order valence-electron chi connectivity index (χ4n) is 5.01. The SMILES string of the molecule is COc1cccc(CN2[C@@H]3CNC[C@H]2C3c2ccc(-c3cccc(C#N)c3)cc2)c1. The van der Waals surface area contributed by atoms with Gasteiger partial charge in [0.25, 0.3) is 0 Å². The summed E-state index contributed by atoms with van der Waals surface area (Å²) in [6.07, 6.45) is 0. The fraction of sp³-hybridized carbons (Fsp3) is 0.269. The highest BCUT2D eigenvalue weighted by atomic mass is 16.5. The number of nitrogens with one attached hydrogen (secondary N) is 1. The summed E-state index contributed by atoms with van der Waals surface area (Å²) in [5.74, 6) is 1.49. The Hall–Kier alpha value is -3.13. The lowest BCUT2D eigenvalue weighted by molar-refractivity contribution is -0.0483. The van der Waals surface area contributed by atoms with E-state index in [4.69, 9.17) is 10.00 Å². The number of hydrogen-bond acceptors (Lipinski definition) is 4. The van der Waals surface area contributed by atoms with Gasteiger partial charge in [-0.2, -0.15) is 5.26 Å². The average molecular weight is 396 g/mol. The number of piperidine rings is 1. The number of benzene rings is 3. The Morgan fingerprint density at radius 2 is 1.73 bits per heavy atom. The zero-order valence-corrected chi connectivity index (χ0v) is 17.1. The van der Waals surface area contributed by atoms with Crippen LogP contribution >= 0.6 is 0 Å². The van der Waals surface area contributed by atoms with E-state index in [1.54, 1.807) is 7.11 Å². The number of fused-ring (bicyclic) bond motifs is 2. The molecule has 5 rings (SSSR count). The number of nitriles is 1. The maximum Gasteiger partial charge on any atom is 0.119 e. The van der Waals surface area contributed by atoms with Crippen molar-refractivity contribution in [1.29, 1.82) is 5.26 Å². The molecule has 0 saturated carbocycles. The van der Waals surface area contributed by atoms with E-state index in [1.165, 1.54) is 11.1 Å². The lowest BCUT2D eigenvalue weighted by Gasteiger charge is -2.59. The van der Waals surface area contributed by atoms with Crippen molar-refractivity contribution in [2.75, 3.05) is 20.2 Å². The van der Waals surface area contributed by atoms with Gasteiger partial charge in [0, 0.05) is 37.6 Å². The molecular formula is C26H25N3O. The Morgan fingerprint density at radius 1 is 0.967 bits per heavy atom. The van der Waals surface area contributed by atoms with Crippen LogP contribution in [0.1, 0.15) is 22.6 Å². The first kappa shape index (κ1) is 18.9. The van der Waals surface area contributed by atoms with E-state index in [2.05, 4.69) is 64.8 Å². The zero-order chi connectivity index (χ0) is 20.5. The third-order valence-electron chi connectivity index (χ3n) is 6.51. The minimum Gasteiger partial charge on any atom is -0.497 e. The molecule has 3 atom stereocenters. The fourth-order valence-corrected chi connectivity index (χ4v) is 5.01. The maximum atomic E-state index is 9.15. The molecular weight excluding hydrogens is 370 g/mol. The number of piperazine rings is 1. The molecule has 150 valence electrons. The van der Waals surface area contributed by atoms with E-state index < -0.39 is 0 Å². The summed E-state index contributed by atoms with van der Waals surface area (Å²) in [4.78, 5) is 2.63. The summed E-state index contributed by atoms with van der Waals surface area (Å²) in [6, 6.07) is 28.4. The van der Waals surface area contributed by atoms with Crippen LogP contribution in [-0.4, -0.2) is 37.2 Å². The summed E-state index contributed by atoms with van der Waals surface area (Å²) in [6.45, 7) is 3.01. The van der Waals surface area contributed by atoms with Gasteiger partial charge >= 0.3 is 0 Å². The van der Waals surface area contributed by atoms with Crippen molar-refractivity contribution in [3.8, 4) is 22.9 Å². The van der Waals surface area contributed by atoms with Crippen LogP contribution < -0.4 is 10.1 Å². The topological polar surface area (TPSA) is 48.3 Å². The molecule has 2 heterocycles. The molecule has 0 amide bonds. The maximum absolute atomic E-state index is 9.15. The lowest BCUT2D eigenvalue weighted by Crippen LogP contribution is -2.72. The van der Waals surface area contributed by atoms with Gasteiger partial charge < -0.3 is 10.1 Å². The third-order valence-corrected chi connectivity index (χ3v) is 6.51. The quantitative estimate of drug-likeness (QED) is 0.704. The molecule has 1 N–H and O–H groups in total. The predicted molar refractivity (Wildman–Crippen MR) is 118 cm³/mol. The van der Waals surface area contributed by atoms with Crippen LogP contribution in [0.5, 0.6) is 5.75 Å². The average Bonchev–Trinajstić information content (AvgIpc) is 2.83. The van der Waals surface area contributed by atoms with Gasteiger partial charge in [0.2, 0.25) is 0 Å². The summed E-state index contributed by atoms with van der Waals surface area (Å²) in [7, 11) is 1.72. The minimum absolute atomic E-state index is 0.516. The molecule has 0 aliphatic carbocycles. The van der Waals surface area contributed by atoms with Gasteiger partial charge in [0.05, 0.1) is 18.7 Å². The van der Waals surface area contributed by atoms with Crippen molar-refractivity contribution >= 4 is 0 Å². The van der Waals surface area contributed by atoms with E-state index in [-0.39, 0.29) is 0 Å². The molecule has 0 aromatic heterocycles. The highest BCUT2D eigenvalue weighted by Gasteiger charge is 2.50. The number of rotatable bonds is 5. The van der Waals surface area contributed by atoms with Crippen molar-refractivity contribution in [2.45, 2.75) is 24.5 Å². The van der Waals surface area contributed by atoms with Crippen LogP contribution in [0.2, 0.25) is 0 Å². The van der Waals surface area contributed by atoms with E-state index in [9.17, 15) is 0 Å². The van der Waals surface area contributed by atoms with E-state index in [0.717, 1.165) is 36.5 Å². The lowest BCUT2D eigenvalue weighted by atomic mass is 9.72. The molecule has 0 spiro atoms. The third kappa shape index (κ3) is 3.37. The molecule has 2 bridgehead atoms. The van der Waals surface area contributed by atoms with Crippen molar-refractivity contribution in [1.82, 2.24) is 10.2 Å². The van der Waals surface area contributed by atoms with Gasteiger partial charge in [-0.15, -0.1) is 0 Å². The highest BCUT2D eigenvalue weighted by molar-refractivity contribution is 5.65. The van der Waals surface area contributed by atoms with Crippen LogP contribution in [0.3, 0.4) is 0 Å². The second-order valence-electron chi connectivity index (χ2n) is 8.16. The number of methoxy groups -OCH3 is 1. The first-order chi connectivity index (χ1) is 14.8. The van der Waals surface area contributed by atoms with Gasteiger partial charge in [-0.25, -0.2) is 0 Å². The molecule has 1 unspecified atom stereocenters. The van der Waals surface area contributed by atoms with Crippen molar-refractivity contribution in [2.24, 2.45) is 0 Å². The first-order valence-corrected chi connectivity index (χ1v) is 10.5. The molecule has 0 radical (unpaired) electrons. The Morgan fingerprint density at radius 3 is 2.47 bits per heavy atom. The molecule has 2 saturated heterocycles. The summed E-state index contributed by atoms with van der Waals surface area (Å²) in [5.41, 5.74) is 5.66. The Labute approximate surface area is 177 Å². The Balaban J connectivity index is 1.33. The summed E-state index contributed by atoms with van der Waals surface area (Å²) < 4.78 is 5.39. The predicted octanol–water partition coefficient (Wildman–Crippen LogP) is 4.17. The van der Waals surface area contributed by atoms with Crippen LogP contribution in [0.25, 0.3) is 11.1 Å². The van der Waals surface area contributed by atoms with Gasteiger partial charge in [0.1, 0.15) is 5.75 Å². The van der Waals surface area contributed by atoms with Crippen LogP contribution in [0.15, 0.2) is 72.8 Å². The van der Waals surface area contributed by atoms with E-state index in [1.807, 2.05) is 24.3 Å². The summed E-state index contributed by atoms with van der Waals surface area (Å²) in [5, 5.41) is 12.7. The second kappa shape index (κ2) is 7.95. The molecule has 2 aliphatic heterocycles. The Bertz CT molecular complexity index is 1070. The van der Waals surface area contributed by atoms with Gasteiger partial charge in [0.15, 0.2) is 0 Å². The highest BCUT2D eigenvalue weighted by Crippen LogP contribution is 2.43. The minimum atomic E-state index is 0.516. The van der Waals surface area contributed by atoms with Crippen LogP contribution in [0, 0.1) is 11.3 Å². The van der Waals surface area contributed by atoms with Crippen molar-refractivity contribution in [3.05, 3.63) is 89.5 Å². The normalized spacial score (nSPS) is 22.7. The monoisotopic (exact) mass is 395 g/mol. The summed E-state index contributed by atoms with van der Waals surface area (Å²) >= 11 is 0. The van der Waals surface area contributed by atoms with E-state index in [0.29, 0.717) is 23.6 Å². The number of nitrogens with zero attached hydrogens (tertiary/aromatic N) is 2. The largest absolute Gasteiger partial charge is 0.497 e. The smallest absolute Gasteiger partial charge is 0.119 e. The second-order valence-corrected chi connectivity index (χ2v) is 8.16. The van der Waals surface area contributed by atoms with Crippen LogP contribution in [-0.2, 0) is 6.54 Å². The van der Waals surface area contributed by atoms with Crippen molar-refractivity contribution < 1.29 is 4.74 Å². The van der Waals surface area contributed by atoms with Gasteiger partial charge in [-0.1, -0.05) is 48.5 Å². The first-order valence-electron chi connectivity index (χ1n) is 10.5. The molecule has 30 heavy (non-hydrogen) atoms. The Kier molecular flexibility index (Phi) is 5.00. The molecule has 2 aliphatic rings. The molecule has 4 heteroatoms. The molecule has 4 nitrogen and oxygen atoms in total. The zero-order valence-electron chi connectivity index (χ0n) is 17.1. The van der Waals surface area contributed by atoms with Crippen LogP contribution in [0.4, 0.5) is 0 Å². The molecule has 3 aromatic carbocycles.